The molecule has 1 N–H and O–H groups in total. The van der Waals surface area contributed by atoms with Crippen molar-refractivity contribution in [3.63, 3.8) is 0 Å². The van der Waals surface area contributed by atoms with Crippen LogP contribution < -0.4 is 5.32 Å². The van der Waals surface area contributed by atoms with E-state index in [9.17, 15) is 9.59 Å². The zero-order valence-electron chi connectivity index (χ0n) is 14.4. The van der Waals surface area contributed by atoms with Gasteiger partial charge >= 0.3 is 0 Å². The van der Waals surface area contributed by atoms with E-state index >= 15 is 0 Å². The molecular formula is C16H31NO6. The molecule has 0 atom stereocenters. The molecule has 0 aliphatic heterocycles. The molecule has 136 valence electrons. The van der Waals surface area contributed by atoms with Gasteiger partial charge in [-0.1, -0.05) is 13.3 Å². The van der Waals surface area contributed by atoms with Crippen molar-refractivity contribution >= 4 is 11.7 Å². The summed E-state index contributed by atoms with van der Waals surface area (Å²) in [5.41, 5.74) is 0. The molecule has 0 radical (unpaired) electrons. The topological polar surface area (TPSA) is 83.1 Å². The number of ether oxygens (including phenoxy) is 4. The monoisotopic (exact) mass is 333 g/mol. The number of ketones is 1. The van der Waals surface area contributed by atoms with E-state index in [1.54, 1.807) is 0 Å². The van der Waals surface area contributed by atoms with Gasteiger partial charge in [0, 0.05) is 26.4 Å². The Morgan fingerprint density at radius 1 is 0.783 bits per heavy atom. The molecule has 0 rings (SSSR count). The third-order valence-electron chi connectivity index (χ3n) is 2.70. The van der Waals surface area contributed by atoms with E-state index in [4.69, 9.17) is 18.9 Å². The normalized spacial score (nSPS) is 10.7. The summed E-state index contributed by atoms with van der Waals surface area (Å²) >= 11 is 0. The number of nitrogens with one attached hydrogen (secondary N) is 1. The second kappa shape index (κ2) is 17.3. The van der Waals surface area contributed by atoms with Crippen LogP contribution in [0, 0.1) is 0 Å². The van der Waals surface area contributed by atoms with E-state index in [2.05, 4.69) is 12.2 Å². The lowest BCUT2D eigenvalue weighted by Gasteiger charge is -2.08. The quantitative estimate of drug-likeness (QED) is 0.399. The fourth-order valence-electron chi connectivity index (χ4n) is 1.53. The van der Waals surface area contributed by atoms with Crippen LogP contribution in [0.4, 0.5) is 0 Å². The van der Waals surface area contributed by atoms with Gasteiger partial charge in [0.15, 0.2) is 5.78 Å². The van der Waals surface area contributed by atoms with Gasteiger partial charge in [-0.25, -0.2) is 0 Å². The van der Waals surface area contributed by atoms with Gasteiger partial charge in [0.25, 0.3) is 0 Å². The molecule has 0 aliphatic rings. The van der Waals surface area contributed by atoms with E-state index in [0.717, 1.165) is 25.9 Å². The molecule has 0 bridgehead atoms. The number of unbranched alkanes of at least 4 members (excludes halogenated alkanes) is 1. The van der Waals surface area contributed by atoms with Crippen molar-refractivity contribution < 1.29 is 28.5 Å². The summed E-state index contributed by atoms with van der Waals surface area (Å²) in [4.78, 5) is 22.1. The molecule has 0 aromatic rings. The Morgan fingerprint density at radius 3 is 2.13 bits per heavy atom. The van der Waals surface area contributed by atoms with Crippen molar-refractivity contribution in [2.45, 2.75) is 33.1 Å². The van der Waals surface area contributed by atoms with Gasteiger partial charge in [0.2, 0.25) is 5.91 Å². The first kappa shape index (κ1) is 22.0. The number of hydrogen-bond donors (Lipinski definition) is 1. The highest BCUT2D eigenvalue weighted by molar-refractivity contribution is 5.77. The van der Waals surface area contributed by atoms with Crippen LogP contribution in [0.5, 0.6) is 0 Å². The van der Waals surface area contributed by atoms with Gasteiger partial charge in [-0.3, -0.25) is 9.59 Å². The first-order valence-electron chi connectivity index (χ1n) is 8.24. The van der Waals surface area contributed by atoms with Crippen LogP contribution in [-0.4, -0.2) is 71.1 Å². The minimum absolute atomic E-state index is 0.0170. The van der Waals surface area contributed by atoms with Crippen molar-refractivity contribution in [3.05, 3.63) is 0 Å². The second-order valence-corrected chi connectivity index (χ2v) is 5.09. The second-order valence-electron chi connectivity index (χ2n) is 5.09. The van der Waals surface area contributed by atoms with Crippen LogP contribution >= 0.6 is 0 Å². The molecule has 1 amide bonds. The summed E-state index contributed by atoms with van der Waals surface area (Å²) in [6.45, 7) is 7.40. The summed E-state index contributed by atoms with van der Waals surface area (Å²) in [5, 5.41) is 2.71. The summed E-state index contributed by atoms with van der Waals surface area (Å²) in [6, 6.07) is 0. The van der Waals surface area contributed by atoms with Crippen molar-refractivity contribution in [1.82, 2.24) is 5.32 Å². The average Bonchev–Trinajstić information content (AvgIpc) is 2.52. The average molecular weight is 333 g/mol. The van der Waals surface area contributed by atoms with Crippen LogP contribution in [0.15, 0.2) is 0 Å². The van der Waals surface area contributed by atoms with E-state index in [-0.39, 0.29) is 24.9 Å². The first-order valence-corrected chi connectivity index (χ1v) is 8.24. The maximum atomic E-state index is 11.4. The molecule has 7 nitrogen and oxygen atoms in total. The van der Waals surface area contributed by atoms with Gasteiger partial charge in [0.05, 0.1) is 19.8 Å². The zero-order valence-corrected chi connectivity index (χ0v) is 14.4. The minimum Gasteiger partial charge on any atom is -0.380 e. The Hall–Kier alpha value is -1.02. The van der Waals surface area contributed by atoms with E-state index in [0.29, 0.717) is 39.6 Å². The van der Waals surface area contributed by atoms with Gasteiger partial charge in [-0.2, -0.15) is 0 Å². The summed E-state index contributed by atoms with van der Waals surface area (Å²) in [5.74, 6) is -0.143. The molecule has 0 aliphatic carbocycles. The third kappa shape index (κ3) is 18.9. The third-order valence-corrected chi connectivity index (χ3v) is 2.70. The van der Waals surface area contributed by atoms with Crippen molar-refractivity contribution in [2.75, 3.05) is 59.4 Å². The molecule has 0 saturated carbocycles. The van der Waals surface area contributed by atoms with E-state index in [1.807, 2.05) is 0 Å². The molecule has 0 aromatic heterocycles. The summed E-state index contributed by atoms with van der Waals surface area (Å²) < 4.78 is 20.9. The highest BCUT2D eigenvalue weighted by Crippen LogP contribution is 1.88. The number of carbonyl (C=O) groups excluding carboxylic acids is 2. The number of Topliss-reactive ketones (excluding diaryl/α,β-unsaturated/α-hetero) is 1. The lowest BCUT2D eigenvalue weighted by molar-refractivity contribution is -0.126. The molecular weight excluding hydrogens is 302 g/mol. The number of rotatable bonds is 17. The zero-order chi connectivity index (χ0) is 17.2. The maximum Gasteiger partial charge on any atom is 0.246 e. The van der Waals surface area contributed by atoms with Crippen molar-refractivity contribution in [2.24, 2.45) is 0 Å². The molecule has 7 heteroatoms. The maximum absolute atomic E-state index is 11.4. The van der Waals surface area contributed by atoms with Gasteiger partial charge in [0.1, 0.15) is 13.2 Å². The standard InChI is InChI=1S/C16H31NO6/c1-3-4-7-21-11-12-23-14-16(19)17-6-10-20-8-5-9-22-13-15(2)18/h3-14H2,1-2H3,(H,17,19). The molecule has 0 saturated heterocycles. The Labute approximate surface area is 139 Å². The van der Waals surface area contributed by atoms with Gasteiger partial charge in [-0.05, 0) is 19.8 Å². The van der Waals surface area contributed by atoms with Gasteiger partial charge < -0.3 is 24.3 Å². The Morgan fingerprint density at radius 2 is 1.39 bits per heavy atom. The SMILES string of the molecule is CCCCOCCOCC(=O)NCCOCCCOCC(C)=O. The van der Waals surface area contributed by atoms with Crippen LogP contribution in [0.3, 0.4) is 0 Å². The highest BCUT2D eigenvalue weighted by Gasteiger charge is 2.00. The number of amides is 1. The van der Waals surface area contributed by atoms with Crippen molar-refractivity contribution in [3.8, 4) is 0 Å². The lowest BCUT2D eigenvalue weighted by atomic mass is 10.4. The van der Waals surface area contributed by atoms with Crippen LogP contribution in [-0.2, 0) is 28.5 Å². The Balaban J connectivity index is 3.17. The highest BCUT2D eigenvalue weighted by atomic mass is 16.5. The smallest absolute Gasteiger partial charge is 0.246 e. The largest absolute Gasteiger partial charge is 0.380 e. The first-order chi connectivity index (χ1) is 11.2. The van der Waals surface area contributed by atoms with E-state index < -0.39 is 0 Å². The Bertz CT molecular complexity index is 298. The summed E-state index contributed by atoms with van der Waals surface area (Å²) in [6.07, 6.45) is 2.88. The van der Waals surface area contributed by atoms with Crippen LogP contribution in [0.25, 0.3) is 0 Å². The predicted octanol–water partition coefficient (Wildman–Crippen LogP) is 0.948. The van der Waals surface area contributed by atoms with Crippen molar-refractivity contribution in [1.29, 1.82) is 0 Å². The number of carbonyl (C=O) groups is 2. The Kier molecular flexibility index (Phi) is 16.6. The lowest BCUT2D eigenvalue weighted by Crippen LogP contribution is -2.31. The number of hydrogen-bond acceptors (Lipinski definition) is 6. The molecule has 0 fully saturated rings. The molecule has 0 heterocycles. The molecule has 0 spiro atoms. The summed E-state index contributed by atoms with van der Waals surface area (Å²) in [7, 11) is 0. The fraction of sp³-hybridized carbons (Fsp3) is 0.875. The van der Waals surface area contributed by atoms with Crippen LogP contribution in [0.2, 0.25) is 0 Å². The van der Waals surface area contributed by atoms with Gasteiger partial charge in [-0.15, -0.1) is 0 Å². The predicted molar refractivity (Wildman–Crippen MR) is 86.5 cm³/mol. The van der Waals surface area contributed by atoms with E-state index in [1.165, 1.54) is 6.92 Å². The molecule has 0 unspecified atom stereocenters. The minimum atomic E-state index is -0.160. The molecule has 0 aromatic carbocycles. The fourth-order valence-corrected chi connectivity index (χ4v) is 1.53. The van der Waals surface area contributed by atoms with Crippen LogP contribution in [0.1, 0.15) is 33.1 Å². The molecule has 23 heavy (non-hydrogen) atoms.